The molecule has 2 aliphatic rings. The minimum Gasteiger partial charge on any atom is -0.349 e. The van der Waals surface area contributed by atoms with Crippen molar-refractivity contribution < 1.29 is 9.59 Å². The van der Waals surface area contributed by atoms with Crippen LogP contribution in [0.1, 0.15) is 6.92 Å². The highest BCUT2D eigenvalue weighted by Gasteiger charge is 2.48. The predicted octanol–water partition coefficient (Wildman–Crippen LogP) is -0.884. The number of carbonyl (C=O) groups is 2. The molecule has 1 saturated heterocycles. The first-order chi connectivity index (χ1) is 7.97. The summed E-state index contributed by atoms with van der Waals surface area (Å²) < 4.78 is 0. The molecule has 0 bridgehead atoms. The van der Waals surface area contributed by atoms with Crippen molar-refractivity contribution in [3.63, 3.8) is 0 Å². The molecule has 0 aromatic heterocycles. The Hall–Kier alpha value is -1.79. The van der Waals surface area contributed by atoms with Crippen molar-refractivity contribution in [2.24, 2.45) is 4.99 Å². The minimum atomic E-state index is -0.423. The van der Waals surface area contributed by atoms with Crippen LogP contribution in [0.25, 0.3) is 0 Å². The van der Waals surface area contributed by atoms with Gasteiger partial charge in [0.1, 0.15) is 0 Å². The van der Waals surface area contributed by atoms with Gasteiger partial charge in [-0.2, -0.15) is 0 Å². The molecule has 0 radical (unpaired) electrons. The summed E-state index contributed by atoms with van der Waals surface area (Å²) in [5, 5.41) is 2.34. The van der Waals surface area contributed by atoms with E-state index in [1.165, 1.54) is 4.90 Å². The number of aliphatic imine (C=N–C) groups is 1. The van der Waals surface area contributed by atoms with E-state index in [0.29, 0.717) is 6.54 Å². The van der Waals surface area contributed by atoms with Crippen LogP contribution in [0.2, 0.25) is 0 Å². The molecular formula is C10H17N5O2. The Kier molecular flexibility index (Phi) is 2.68. The highest BCUT2D eigenvalue weighted by atomic mass is 16.2. The average molecular weight is 239 g/mol. The first kappa shape index (κ1) is 11.7. The summed E-state index contributed by atoms with van der Waals surface area (Å²) in [4.78, 5) is 33.1. The maximum atomic E-state index is 11.9. The van der Waals surface area contributed by atoms with Gasteiger partial charge in [0.2, 0.25) is 0 Å². The Bertz CT molecular complexity index is 392. The number of fused-ring (bicyclic) bond motifs is 1. The van der Waals surface area contributed by atoms with Gasteiger partial charge in [0, 0.05) is 27.7 Å². The van der Waals surface area contributed by atoms with Gasteiger partial charge in [0.05, 0.1) is 0 Å². The van der Waals surface area contributed by atoms with Crippen LogP contribution < -0.4 is 5.32 Å². The summed E-state index contributed by atoms with van der Waals surface area (Å²) in [5.41, 5.74) is 0. The molecular weight excluding hydrogens is 222 g/mol. The summed E-state index contributed by atoms with van der Waals surface area (Å²) in [6, 6.07) is -0.809. The fraction of sp³-hybridized carbons (Fsp3) is 0.700. The van der Waals surface area contributed by atoms with Crippen molar-refractivity contribution in [3.05, 3.63) is 0 Å². The number of hydrogen-bond acceptors (Lipinski definition) is 5. The summed E-state index contributed by atoms with van der Waals surface area (Å²) in [6.45, 7) is 2.64. The highest BCUT2D eigenvalue weighted by molar-refractivity contribution is 6.03. The second kappa shape index (κ2) is 3.90. The smallest absolute Gasteiger partial charge is 0.325 e. The number of carbonyl (C=O) groups excluding carboxylic acids is 2. The molecule has 0 aromatic rings. The minimum absolute atomic E-state index is 0.277. The van der Waals surface area contributed by atoms with Gasteiger partial charge < -0.3 is 14.7 Å². The lowest BCUT2D eigenvalue weighted by atomic mass is 10.1. The molecule has 1 fully saturated rings. The number of amides is 3. The average Bonchev–Trinajstić information content (AvgIpc) is 2.65. The van der Waals surface area contributed by atoms with E-state index in [2.05, 4.69) is 10.3 Å². The van der Waals surface area contributed by atoms with E-state index in [1.807, 2.05) is 30.8 Å². The van der Waals surface area contributed by atoms with Crippen LogP contribution >= 0.6 is 0 Å². The summed E-state index contributed by atoms with van der Waals surface area (Å²) >= 11 is 0. The summed E-state index contributed by atoms with van der Waals surface area (Å²) in [6.07, 6.45) is -0.423. The number of nitrogens with one attached hydrogen (secondary N) is 1. The second-order valence-corrected chi connectivity index (χ2v) is 4.37. The van der Waals surface area contributed by atoms with Crippen LogP contribution in [-0.4, -0.2) is 72.5 Å². The van der Waals surface area contributed by atoms with Crippen molar-refractivity contribution >= 4 is 17.9 Å². The van der Waals surface area contributed by atoms with E-state index < -0.39 is 18.2 Å². The molecule has 3 amide bonds. The highest BCUT2D eigenvalue weighted by Crippen LogP contribution is 2.24. The quantitative estimate of drug-likeness (QED) is 0.645. The van der Waals surface area contributed by atoms with E-state index in [-0.39, 0.29) is 5.91 Å². The third-order valence-corrected chi connectivity index (χ3v) is 3.08. The van der Waals surface area contributed by atoms with Gasteiger partial charge in [-0.25, -0.2) is 9.79 Å². The zero-order valence-electron chi connectivity index (χ0n) is 10.5. The van der Waals surface area contributed by atoms with Crippen molar-refractivity contribution in [2.45, 2.75) is 19.1 Å². The number of hydrogen-bond donors (Lipinski definition) is 1. The van der Waals surface area contributed by atoms with Crippen LogP contribution in [-0.2, 0) is 4.79 Å². The topological polar surface area (TPSA) is 68.2 Å². The molecule has 2 unspecified atom stereocenters. The van der Waals surface area contributed by atoms with Gasteiger partial charge in [-0.1, -0.05) is 0 Å². The lowest BCUT2D eigenvalue weighted by Gasteiger charge is -2.36. The fourth-order valence-corrected chi connectivity index (χ4v) is 2.22. The normalized spacial score (nSPS) is 27.9. The number of nitrogens with zero attached hydrogens (tertiary/aromatic N) is 4. The van der Waals surface area contributed by atoms with Gasteiger partial charge in [0.15, 0.2) is 18.2 Å². The van der Waals surface area contributed by atoms with Crippen LogP contribution in [0.3, 0.4) is 0 Å². The Labute approximate surface area is 100 Å². The molecule has 17 heavy (non-hydrogen) atoms. The molecule has 0 aromatic carbocycles. The number of imide groups is 1. The Morgan fingerprint density at radius 3 is 2.59 bits per heavy atom. The standard InChI is InChI=1S/C10H17N5O2/c1-5-15-6-7(11-9(15)13(2)3)14(4)10(17)12-8(6)16/h6-7H,5H2,1-4H3,(H,12,16,17). The largest absolute Gasteiger partial charge is 0.349 e. The van der Waals surface area contributed by atoms with Gasteiger partial charge >= 0.3 is 6.03 Å². The molecule has 2 atom stereocenters. The lowest BCUT2D eigenvalue weighted by molar-refractivity contribution is -0.127. The molecule has 0 aliphatic carbocycles. The van der Waals surface area contributed by atoms with E-state index in [9.17, 15) is 9.59 Å². The number of rotatable bonds is 1. The third-order valence-electron chi connectivity index (χ3n) is 3.08. The third kappa shape index (κ3) is 1.62. The van der Waals surface area contributed by atoms with E-state index in [4.69, 9.17) is 0 Å². The zero-order chi connectivity index (χ0) is 12.7. The number of urea groups is 1. The van der Waals surface area contributed by atoms with Crippen LogP contribution in [0, 0.1) is 0 Å². The van der Waals surface area contributed by atoms with Gasteiger partial charge in [-0.15, -0.1) is 0 Å². The Morgan fingerprint density at radius 2 is 2.06 bits per heavy atom. The van der Waals surface area contributed by atoms with Crippen LogP contribution in [0.5, 0.6) is 0 Å². The van der Waals surface area contributed by atoms with Gasteiger partial charge in [-0.3, -0.25) is 10.1 Å². The zero-order valence-corrected chi connectivity index (χ0v) is 10.5. The van der Waals surface area contributed by atoms with Crippen molar-refractivity contribution in [1.82, 2.24) is 20.0 Å². The van der Waals surface area contributed by atoms with E-state index >= 15 is 0 Å². The van der Waals surface area contributed by atoms with Crippen molar-refractivity contribution in [3.8, 4) is 0 Å². The van der Waals surface area contributed by atoms with Crippen molar-refractivity contribution in [1.29, 1.82) is 0 Å². The number of likely N-dealkylation sites (N-methyl/N-ethyl adjacent to an activating group) is 2. The molecule has 2 aliphatic heterocycles. The van der Waals surface area contributed by atoms with Gasteiger partial charge in [0.25, 0.3) is 5.91 Å². The first-order valence-corrected chi connectivity index (χ1v) is 5.56. The maximum Gasteiger partial charge on any atom is 0.325 e. The fourth-order valence-electron chi connectivity index (χ4n) is 2.22. The first-order valence-electron chi connectivity index (χ1n) is 5.56. The maximum absolute atomic E-state index is 11.9. The van der Waals surface area contributed by atoms with E-state index in [0.717, 1.165) is 5.96 Å². The van der Waals surface area contributed by atoms with Crippen LogP contribution in [0.4, 0.5) is 4.79 Å². The van der Waals surface area contributed by atoms with Crippen molar-refractivity contribution in [2.75, 3.05) is 27.7 Å². The predicted molar refractivity (Wildman–Crippen MR) is 62.4 cm³/mol. The molecule has 0 saturated carbocycles. The molecule has 7 heteroatoms. The van der Waals surface area contributed by atoms with Gasteiger partial charge in [-0.05, 0) is 6.92 Å². The second-order valence-electron chi connectivity index (χ2n) is 4.37. The Balaban J connectivity index is 2.37. The molecule has 0 spiro atoms. The molecule has 7 nitrogen and oxygen atoms in total. The SMILES string of the molecule is CCN1C(N(C)C)=NC2C1C(=O)NC(=O)N2C. The monoisotopic (exact) mass is 239 g/mol. The van der Waals surface area contributed by atoms with Crippen LogP contribution in [0.15, 0.2) is 4.99 Å². The Morgan fingerprint density at radius 1 is 1.41 bits per heavy atom. The molecule has 94 valence electrons. The summed E-state index contributed by atoms with van der Waals surface area (Å²) in [7, 11) is 5.40. The lowest BCUT2D eigenvalue weighted by Crippen LogP contribution is -2.64. The number of guanidine groups is 1. The summed E-state index contributed by atoms with van der Waals surface area (Å²) in [5.74, 6) is 0.458. The molecule has 1 N–H and O–H groups in total. The molecule has 2 heterocycles. The molecule has 2 rings (SSSR count). The van der Waals surface area contributed by atoms with E-state index in [1.54, 1.807) is 7.05 Å².